The van der Waals surface area contributed by atoms with Crippen LogP contribution < -0.4 is 10.2 Å². The van der Waals surface area contributed by atoms with Crippen molar-refractivity contribution in [1.82, 2.24) is 10.2 Å². The van der Waals surface area contributed by atoms with Gasteiger partial charge in [-0.1, -0.05) is 12.1 Å². The minimum Gasteiger partial charge on any atom is -0.367 e. The molecule has 154 valence electrons. The number of carbonyl (C=O) groups is 2. The van der Waals surface area contributed by atoms with Gasteiger partial charge in [0, 0.05) is 25.7 Å². The van der Waals surface area contributed by atoms with Crippen molar-refractivity contribution in [2.24, 2.45) is 0 Å². The van der Waals surface area contributed by atoms with Crippen molar-refractivity contribution < 1.29 is 14.0 Å². The number of halogens is 1. The van der Waals surface area contributed by atoms with Crippen molar-refractivity contribution in [3.8, 4) is 0 Å². The second-order valence-corrected chi connectivity index (χ2v) is 8.83. The van der Waals surface area contributed by atoms with E-state index in [9.17, 15) is 14.0 Å². The van der Waals surface area contributed by atoms with Crippen LogP contribution in [-0.2, 0) is 4.79 Å². The molecule has 1 aromatic heterocycles. The summed E-state index contributed by atoms with van der Waals surface area (Å²) in [5.41, 5.74) is 1.61. The zero-order valence-corrected chi connectivity index (χ0v) is 17.4. The van der Waals surface area contributed by atoms with E-state index in [-0.39, 0.29) is 23.7 Å². The highest BCUT2D eigenvalue weighted by atomic mass is 32.1. The van der Waals surface area contributed by atoms with Gasteiger partial charge >= 0.3 is 0 Å². The molecule has 2 atom stereocenters. The van der Waals surface area contributed by atoms with Gasteiger partial charge in [-0.25, -0.2) is 4.39 Å². The molecule has 0 bridgehead atoms. The number of amides is 2. The van der Waals surface area contributed by atoms with Gasteiger partial charge in [0.15, 0.2) is 0 Å². The highest BCUT2D eigenvalue weighted by Crippen LogP contribution is 2.26. The molecule has 1 N–H and O–H groups in total. The standard InChI is InChI=1S/C22H26FN3O2S/c1-15-8-9-17(23)19(13-15)25-10-2-5-16(14-25)24-21(27)18-6-3-11-26(18)22(28)20-7-4-12-29-20/h4,7-9,12-13,16,18H,2-3,5-6,10-11,14H2,1H3,(H,24,27)/t16?,18-/m0/s1. The average Bonchev–Trinajstić information content (AvgIpc) is 3.41. The highest BCUT2D eigenvalue weighted by molar-refractivity contribution is 7.12. The van der Waals surface area contributed by atoms with E-state index in [2.05, 4.69) is 5.32 Å². The summed E-state index contributed by atoms with van der Waals surface area (Å²) in [6.45, 7) is 3.92. The van der Waals surface area contributed by atoms with Gasteiger partial charge in [-0.3, -0.25) is 9.59 Å². The van der Waals surface area contributed by atoms with Crippen molar-refractivity contribution in [2.75, 3.05) is 24.5 Å². The molecule has 5 nitrogen and oxygen atoms in total. The fourth-order valence-corrected chi connectivity index (χ4v) is 4.98. The zero-order chi connectivity index (χ0) is 20.4. The van der Waals surface area contributed by atoms with Crippen LogP contribution in [0.4, 0.5) is 10.1 Å². The van der Waals surface area contributed by atoms with Crippen LogP contribution in [0.15, 0.2) is 35.7 Å². The number of aryl methyl sites for hydroxylation is 1. The molecule has 4 rings (SSSR count). The predicted molar refractivity (Wildman–Crippen MR) is 113 cm³/mol. The first-order valence-corrected chi connectivity index (χ1v) is 11.1. The van der Waals surface area contributed by atoms with Crippen LogP contribution in [0.3, 0.4) is 0 Å². The fraction of sp³-hybridized carbons (Fsp3) is 0.455. The lowest BCUT2D eigenvalue weighted by molar-refractivity contribution is -0.125. The summed E-state index contributed by atoms with van der Waals surface area (Å²) >= 11 is 1.40. The van der Waals surface area contributed by atoms with E-state index in [0.29, 0.717) is 30.1 Å². The molecule has 2 saturated heterocycles. The molecule has 7 heteroatoms. The first-order valence-electron chi connectivity index (χ1n) is 10.2. The summed E-state index contributed by atoms with van der Waals surface area (Å²) in [4.78, 5) is 30.1. The van der Waals surface area contributed by atoms with Crippen LogP contribution in [0.25, 0.3) is 0 Å². The van der Waals surface area contributed by atoms with Crippen molar-refractivity contribution in [2.45, 2.75) is 44.7 Å². The number of anilines is 1. The lowest BCUT2D eigenvalue weighted by Gasteiger charge is -2.36. The molecule has 0 spiro atoms. The van der Waals surface area contributed by atoms with Crippen LogP contribution >= 0.6 is 11.3 Å². The molecule has 3 heterocycles. The van der Waals surface area contributed by atoms with Gasteiger partial charge < -0.3 is 15.1 Å². The normalized spacial score (nSPS) is 22.0. The van der Waals surface area contributed by atoms with E-state index in [1.165, 1.54) is 17.4 Å². The Morgan fingerprint density at radius 2 is 2.00 bits per heavy atom. The van der Waals surface area contributed by atoms with Crippen LogP contribution in [0.1, 0.15) is 40.9 Å². The molecule has 2 amide bonds. The molecule has 0 radical (unpaired) electrons. The summed E-state index contributed by atoms with van der Waals surface area (Å²) in [5.74, 6) is -0.389. The van der Waals surface area contributed by atoms with E-state index in [1.54, 1.807) is 17.0 Å². The first-order chi connectivity index (χ1) is 14.0. The number of nitrogens with zero attached hydrogens (tertiary/aromatic N) is 2. The largest absolute Gasteiger partial charge is 0.367 e. The van der Waals surface area contributed by atoms with Crippen molar-refractivity contribution in [3.05, 3.63) is 52.0 Å². The smallest absolute Gasteiger partial charge is 0.264 e. The van der Waals surface area contributed by atoms with Gasteiger partial charge in [0.2, 0.25) is 5.91 Å². The minimum atomic E-state index is -0.421. The maximum absolute atomic E-state index is 14.3. The van der Waals surface area contributed by atoms with E-state index in [1.807, 2.05) is 29.3 Å². The van der Waals surface area contributed by atoms with Crippen molar-refractivity contribution in [3.63, 3.8) is 0 Å². The van der Waals surface area contributed by atoms with E-state index in [4.69, 9.17) is 0 Å². The average molecular weight is 416 g/mol. The number of hydrogen-bond acceptors (Lipinski definition) is 4. The summed E-state index contributed by atoms with van der Waals surface area (Å²) in [5, 5.41) is 5.01. The maximum Gasteiger partial charge on any atom is 0.264 e. The van der Waals surface area contributed by atoms with Gasteiger partial charge in [0.25, 0.3) is 5.91 Å². The van der Waals surface area contributed by atoms with E-state index in [0.717, 1.165) is 31.4 Å². The third kappa shape index (κ3) is 4.29. The molecule has 2 aliphatic heterocycles. The monoisotopic (exact) mass is 415 g/mol. The van der Waals surface area contributed by atoms with Crippen molar-refractivity contribution >= 4 is 28.8 Å². The first kappa shape index (κ1) is 19.9. The Bertz CT molecular complexity index is 886. The number of hydrogen-bond donors (Lipinski definition) is 1. The quantitative estimate of drug-likeness (QED) is 0.830. The lowest BCUT2D eigenvalue weighted by atomic mass is 10.0. The van der Waals surface area contributed by atoms with Gasteiger partial charge in [-0.2, -0.15) is 0 Å². The summed E-state index contributed by atoms with van der Waals surface area (Å²) in [6.07, 6.45) is 3.27. The molecule has 2 fully saturated rings. The van der Waals surface area contributed by atoms with Crippen LogP contribution in [0.5, 0.6) is 0 Å². The SMILES string of the molecule is Cc1ccc(F)c(N2CCCC(NC(=O)[C@@H]3CCCN3C(=O)c3cccs3)C2)c1. The second kappa shape index (κ2) is 8.53. The Labute approximate surface area is 174 Å². The number of carbonyl (C=O) groups excluding carboxylic acids is 2. The zero-order valence-electron chi connectivity index (χ0n) is 16.6. The molecular weight excluding hydrogens is 389 g/mol. The fourth-order valence-electron chi connectivity index (χ4n) is 4.30. The Morgan fingerprint density at radius 1 is 1.17 bits per heavy atom. The number of piperidine rings is 1. The van der Waals surface area contributed by atoms with E-state index < -0.39 is 6.04 Å². The van der Waals surface area contributed by atoms with Gasteiger partial charge in [0.05, 0.1) is 10.6 Å². The number of nitrogens with one attached hydrogen (secondary N) is 1. The maximum atomic E-state index is 14.3. The molecular formula is C22H26FN3O2S. The summed E-state index contributed by atoms with van der Waals surface area (Å²) < 4.78 is 14.3. The Balaban J connectivity index is 1.41. The molecule has 29 heavy (non-hydrogen) atoms. The summed E-state index contributed by atoms with van der Waals surface area (Å²) in [7, 11) is 0. The van der Waals surface area contributed by atoms with Gasteiger partial charge in [0.1, 0.15) is 11.9 Å². The molecule has 0 aliphatic carbocycles. The molecule has 0 saturated carbocycles. The molecule has 2 aliphatic rings. The van der Waals surface area contributed by atoms with Crippen LogP contribution in [0.2, 0.25) is 0 Å². The Morgan fingerprint density at radius 3 is 2.79 bits per heavy atom. The van der Waals surface area contributed by atoms with Gasteiger partial charge in [-0.05, 0) is 61.7 Å². The molecule has 1 unspecified atom stereocenters. The second-order valence-electron chi connectivity index (χ2n) is 7.88. The Hall–Kier alpha value is -2.41. The third-order valence-corrected chi connectivity index (χ3v) is 6.62. The number of thiophene rings is 1. The highest BCUT2D eigenvalue weighted by Gasteiger charge is 2.36. The van der Waals surface area contributed by atoms with Crippen molar-refractivity contribution in [1.29, 1.82) is 0 Å². The number of rotatable bonds is 4. The minimum absolute atomic E-state index is 0.0459. The number of likely N-dealkylation sites (tertiary alicyclic amines) is 1. The third-order valence-electron chi connectivity index (χ3n) is 5.76. The Kier molecular flexibility index (Phi) is 5.85. The molecule has 2 aromatic rings. The topological polar surface area (TPSA) is 52.7 Å². The van der Waals surface area contributed by atoms with Gasteiger partial charge in [-0.15, -0.1) is 11.3 Å². The van der Waals surface area contributed by atoms with Crippen LogP contribution in [0, 0.1) is 12.7 Å². The van der Waals surface area contributed by atoms with E-state index >= 15 is 0 Å². The van der Waals surface area contributed by atoms with Crippen LogP contribution in [-0.4, -0.2) is 48.4 Å². The molecule has 1 aromatic carbocycles. The summed E-state index contributed by atoms with van der Waals surface area (Å²) in [6, 6.07) is 8.31. The predicted octanol–water partition coefficient (Wildman–Crippen LogP) is 3.59. The lowest BCUT2D eigenvalue weighted by Crippen LogP contribution is -2.53. The number of benzene rings is 1.